The van der Waals surface area contributed by atoms with Crippen LogP contribution < -0.4 is 4.74 Å². The van der Waals surface area contributed by atoms with Crippen molar-refractivity contribution in [3.8, 4) is 5.75 Å². The van der Waals surface area contributed by atoms with Gasteiger partial charge in [-0.05, 0) is 12.1 Å². The fourth-order valence-electron chi connectivity index (χ4n) is 1.11. The third kappa shape index (κ3) is 2.20. The molecule has 0 spiro atoms. The molecule has 0 aliphatic carbocycles. The molecule has 2 nitrogen and oxygen atoms in total. The van der Waals surface area contributed by atoms with Gasteiger partial charge in [0.25, 0.3) is 0 Å². The molecular weight excluding hydrogens is 223 g/mol. The number of carbonyl (C=O) groups is 1. The normalized spacial score (nSPS) is 10.0. The monoisotopic (exact) mass is 232 g/mol. The van der Waals surface area contributed by atoms with Crippen LogP contribution in [0.1, 0.15) is 23.7 Å². The van der Waals surface area contributed by atoms with Gasteiger partial charge in [-0.2, -0.15) is 0 Å². The number of halogens is 2. The smallest absolute Gasteiger partial charge is 0.165 e. The van der Waals surface area contributed by atoms with Gasteiger partial charge in [0.2, 0.25) is 0 Å². The summed E-state index contributed by atoms with van der Waals surface area (Å²) in [6.07, 6.45) is 0.381. The molecule has 0 atom stereocenters. The second-order valence-electron chi connectivity index (χ2n) is 2.74. The van der Waals surface area contributed by atoms with Gasteiger partial charge in [-0.25, -0.2) is 0 Å². The average Bonchev–Trinajstić information content (AvgIpc) is 2.16. The van der Waals surface area contributed by atoms with Crippen molar-refractivity contribution in [1.82, 2.24) is 0 Å². The van der Waals surface area contributed by atoms with Gasteiger partial charge in [-0.1, -0.05) is 30.1 Å². The van der Waals surface area contributed by atoms with E-state index in [9.17, 15) is 4.79 Å². The predicted octanol–water partition coefficient (Wildman–Crippen LogP) is 3.59. The maximum absolute atomic E-state index is 11.4. The van der Waals surface area contributed by atoms with E-state index in [-0.39, 0.29) is 5.78 Å². The Labute approximate surface area is 92.8 Å². The summed E-state index contributed by atoms with van der Waals surface area (Å²) in [6, 6.07) is 3.16. The number of benzene rings is 1. The minimum atomic E-state index is -0.0670. The van der Waals surface area contributed by atoms with E-state index in [1.807, 2.05) is 0 Å². The van der Waals surface area contributed by atoms with Crippen LogP contribution in [0.2, 0.25) is 10.0 Å². The fraction of sp³-hybridized carbons (Fsp3) is 0.300. The summed E-state index contributed by atoms with van der Waals surface area (Å²) in [5.41, 5.74) is 0.372. The number of rotatable bonds is 3. The number of carbonyl (C=O) groups excluding carboxylic acids is 1. The highest BCUT2D eigenvalue weighted by atomic mass is 35.5. The summed E-state index contributed by atoms with van der Waals surface area (Å²) in [5, 5.41) is 0.669. The van der Waals surface area contributed by atoms with Crippen molar-refractivity contribution in [2.45, 2.75) is 13.3 Å². The van der Waals surface area contributed by atoms with Crippen LogP contribution in [0.15, 0.2) is 12.1 Å². The molecule has 14 heavy (non-hydrogen) atoms. The first-order valence-corrected chi connectivity index (χ1v) is 4.92. The van der Waals surface area contributed by atoms with Crippen molar-refractivity contribution in [2.75, 3.05) is 7.11 Å². The van der Waals surface area contributed by atoms with E-state index in [1.54, 1.807) is 19.1 Å². The average molecular weight is 233 g/mol. The number of hydrogen-bond donors (Lipinski definition) is 0. The van der Waals surface area contributed by atoms with Crippen LogP contribution in [-0.2, 0) is 0 Å². The van der Waals surface area contributed by atoms with Crippen molar-refractivity contribution in [2.24, 2.45) is 0 Å². The van der Waals surface area contributed by atoms with Gasteiger partial charge in [0.1, 0.15) is 5.75 Å². The molecular formula is C10H10Cl2O2. The standard InChI is InChI=1S/C10H10Cl2O2/c1-3-9(13)10-7(11)4-6(14-2)5-8(10)12/h4-5H,3H2,1-2H3. The SMILES string of the molecule is CCC(=O)c1c(Cl)cc(OC)cc1Cl. The van der Waals surface area contributed by atoms with Gasteiger partial charge in [0, 0.05) is 6.42 Å². The number of Topliss-reactive ketones (excluding diaryl/α,β-unsaturated/α-hetero) is 1. The van der Waals surface area contributed by atoms with Crippen LogP contribution in [0.5, 0.6) is 5.75 Å². The van der Waals surface area contributed by atoms with E-state index in [4.69, 9.17) is 27.9 Å². The van der Waals surface area contributed by atoms with Gasteiger partial charge in [-0.15, -0.1) is 0 Å². The lowest BCUT2D eigenvalue weighted by molar-refractivity contribution is 0.0988. The van der Waals surface area contributed by atoms with Crippen LogP contribution in [0.4, 0.5) is 0 Å². The van der Waals surface area contributed by atoms with Crippen molar-refractivity contribution >= 4 is 29.0 Å². The lowest BCUT2D eigenvalue weighted by Crippen LogP contribution is -1.99. The quantitative estimate of drug-likeness (QED) is 0.745. The summed E-state index contributed by atoms with van der Waals surface area (Å²) in [6.45, 7) is 1.76. The van der Waals surface area contributed by atoms with E-state index < -0.39 is 0 Å². The van der Waals surface area contributed by atoms with Gasteiger partial charge in [0.05, 0.1) is 22.7 Å². The number of methoxy groups -OCH3 is 1. The molecule has 0 N–H and O–H groups in total. The Morgan fingerprint density at radius 1 is 1.36 bits per heavy atom. The third-order valence-electron chi connectivity index (χ3n) is 1.85. The minimum Gasteiger partial charge on any atom is -0.497 e. The predicted molar refractivity (Wildman–Crippen MR) is 57.6 cm³/mol. The molecule has 0 saturated heterocycles. The summed E-state index contributed by atoms with van der Waals surface area (Å²) >= 11 is 11.8. The Kier molecular flexibility index (Phi) is 3.78. The summed E-state index contributed by atoms with van der Waals surface area (Å²) in [7, 11) is 1.52. The molecule has 0 aliphatic rings. The largest absolute Gasteiger partial charge is 0.497 e. The second kappa shape index (κ2) is 4.67. The lowest BCUT2D eigenvalue weighted by atomic mass is 10.1. The lowest BCUT2D eigenvalue weighted by Gasteiger charge is -2.07. The van der Waals surface area contributed by atoms with E-state index in [2.05, 4.69) is 0 Å². The number of ketones is 1. The van der Waals surface area contributed by atoms with Gasteiger partial charge in [-0.3, -0.25) is 4.79 Å². The minimum absolute atomic E-state index is 0.0670. The van der Waals surface area contributed by atoms with Crippen molar-refractivity contribution < 1.29 is 9.53 Å². The highest BCUT2D eigenvalue weighted by Crippen LogP contribution is 2.30. The van der Waals surface area contributed by atoms with Crippen molar-refractivity contribution in [3.05, 3.63) is 27.7 Å². The van der Waals surface area contributed by atoms with E-state index in [1.165, 1.54) is 7.11 Å². The first kappa shape index (κ1) is 11.3. The molecule has 1 aromatic rings. The van der Waals surface area contributed by atoms with Crippen LogP contribution in [0, 0.1) is 0 Å². The van der Waals surface area contributed by atoms with E-state index in [0.717, 1.165) is 0 Å². The molecule has 4 heteroatoms. The number of hydrogen-bond acceptors (Lipinski definition) is 2. The molecule has 76 valence electrons. The molecule has 1 rings (SSSR count). The maximum atomic E-state index is 11.4. The Bertz CT molecular complexity index is 338. The Morgan fingerprint density at radius 2 is 1.86 bits per heavy atom. The number of ether oxygens (including phenoxy) is 1. The second-order valence-corrected chi connectivity index (χ2v) is 3.56. The molecule has 0 radical (unpaired) electrons. The molecule has 0 fully saturated rings. The van der Waals surface area contributed by atoms with Crippen LogP contribution in [-0.4, -0.2) is 12.9 Å². The third-order valence-corrected chi connectivity index (χ3v) is 2.45. The molecule has 0 heterocycles. The van der Waals surface area contributed by atoms with E-state index in [0.29, 0.717) is 27.8 Å². The molecule has 0 amide bonds. The molecule has 1 aromatic carbocycles. The molecule has 0 aliphatic heterocycles. The zero-order valence-electron chi connectivity index (χ0n) is 7.93. The Hall–Kier alpha value is -0.730. The topological polar surface area (TPSA) is 26.3 Å². The van der Waals surface area contributed by atoms with Gasteiger partial charge in [0.15, 0.2) is 5.78 Å². The first-order valence-electron chi connectivity index (χ1n) is 4.16. The molecule has 0 unspecified atom stereocenters. The summed E-state index contributed by atoms with van der Waals surface area (Å²) in [4.78, 5) is 11.4. The maximum Gasteiger partial charge on any atom is 0.165 e. The highest BCUT2D eigenvalue weighted by molar-refractivity contribution is 6.40. The summed E-state index contributed by atoms with van der Waals surface area (Å²) < 4.78 is 4.96. The zero-order chi connectivity index (χ0) is 10.7. The summed E-state index contributed by atoms with van der Waals surface area (Å²) in [5.74, 6) is 0.482. The van der Waals surface area contributed by atoms with Crippen molar-refractivity contribution in [1.29, 1.82) is 0 Å². The van der Waals surface area contributed by atoms with Crippen LogP contribution in [0.3, 0.4) is 0 Å². The zero-order valence-corrected chi connectivity index (χ0v) is 9.45. The highest BCUT2D eigenvalue weighted by Gasteiger charge is 2.14. The van der Waals surface area contributed by atoms with Gasteiger partial charge < -0.3 is 4.74 Å². The fourth-order valence-corrected chi connectivity index (χ4v) is 1.79. The Balaban J connectivity index is 3.25. The van der Waals surface area contributed by atoms with E-state index >= 15 is 0 Å². The van der Waals surface area contributed by atoms with Crippen LogP contribution >= 0.6 is 23.2 Å². The molecule has 0 aromatic heterocycles. The molecule has 0 saturated carbocycles. The molecule has 0 bridgehead atoms. The van der Waals surface area contributed by atoms with Crippen LogP contribution in [0.25, 0.3) is 0 Å². The van der Waals surface area contributed by atoms with Crippen molar-refractivity contribution in [3.63, 3.8) is 0 Å². The van der Waals surface area contributed by atoms with Gasteiger partial charge >= 0.3 is 0 Å². The first-order chi connectivity index (χ1) is 6.60. The Morgan fingerprint density at radius 3 is 2.21 bits per heavy atom.